The van der Waals surface area contributed by atoms with E-state index in [1.807, 2.05) is 57.2 Å². The topological polar surface area (TPSA) is 111 Å². The highest BCUT2D eigenvalue weighted by Gasteiger charge is 2.16. The zero-order valence-electron chi connectivity index (χ0n) is 16.9. The first kappa shape index (κ1) is 21.3. The van der Waals surface area contributed by atoms with Crippen molar-refractivity contribution in [2.75, 3.05) is 17.7 Å². The molecular formula is C20H22N6O3S. The summed E-state index contributed by atoms with van der Waals surface area (Å²) in [6.07, 6.45) is 0. The number of thioether (sulfide) groups is 1. The molecule has 0 aliphatic rings. The van der Waals surface area contributed by atoms with Crippen molar-refractivity contribution in [3.8, 4) is 11.4 Å². The van der Waals surface area contributed by atoms with E-state index in [0.29, 0.717) is 28.9 Å². The number of benzene rings is 2. The second-order valence-corrected chi connectivity index (χ2v) is 7.25. The van der Waals surface area contributed by atoms with Gasteiger partial charge in [-0.15, -0.1) is 5.10 Å². The van der Waals surface area contributed by atoms with Crippen LogP contribution in [0.2, 0.25) is 0 Å². The SMILES string of the molecule is CCOc1ccccc1-n1nnnc1SCC(=O)NC(=O)Nc1cccc(C)c1C. The van der Waals surface area contributed by atoms with Gasteiger partial charge in [0.1, 0.15) is 11.4 Å². The minimum absolute atomic E-state index is 0.0304. The molecular weight excluding hydrogens is 404 g/mol. The molecule has 1 aromatic heterocycles. The van der Waals surface area contributed by atoms with Gasteiger partial charge in [0.25, 0.3) is 0 Å². The highest BCUT2D eigenvalue weighted by Crippen LogP contribution is 2.25. The quantitative estimate of drug-likeness (QED) is 0.558. The maximum absolute atomic E-state index is 12.2. The highest BCUT2D eigenvalue weighted by molar-refractivity contribution is 7.99. The van der Waals surface area contributed by atoms with Crippen molar-refractivity contribution in [3.05, 3.63) is 53.6 Å². The van der Waals surface area contributed by atoms with Crippen molar-refractivity contribution in [1.29, 1.82) is 0 Å². The normalized spacial score (nSPS) is 10.5. The number of para-hydroxylation sites is 2. The van der Waals surface area contributed by atoms with Crippen molar-refractivity contribution in [3.63, 3.8) is 0 Å². The Bertz CT molecular complexity index is 1050. The molecule has 0 bridgehead atoms. The minimum Gasteiger partial charge on any atom is -0.492 e. The van der Waals surface area contributed by atoms with E-state index >= 15 is 0 Å². The van der Waals surface area contributed by atoms with E-state index in [-0.39, 0.29) is 5.75 Å². The molecule has 9 nitrogen and oxygen atoms in total. The van der Waals surface area contributed by atoms with Gasteiger partial charge in [0.2, 0.25) is 11.1 Å². The van der Waals surface area contributed by atoms with Gasteiger partial charge in [-0.05, 0) is 60.5 Å². The zero-order chi connectivity index (χ0) is 21.5. The van der Waals surface area contributed by atoms with Crippen molar-refractivity contribution in [1.82, 2.24) is 25.5 Å². The Morgan fingerprint density at radius 2 is 1.93 bits per heavy atom. The Morgan fingerprint density at radius 3 is 2.73 bits per heavy atom. The maximum Gasteiger partial charge on any atom is 0.325 e. The fourth-order valence-corrected chi connectivity index (χ4v) is 3.35. The van der Waals surface area contributed by atoms with Gasteiger partial charge in [0.05, 0.1) is 12.4 Å². The summed E-state index contributed by atoms with van der Waals surface area (Å²) >= 11 is 1.12. The molecule has 0 radical (unpaired) electrons. The van der Waals surface area contributed by atoms with Crippen LogP contribution in [-0.2, 0) is 4.79 Å². The van der Waals surface area contributed by atoms with Crippen molar-refractivity contribution >= 4 is 29.4 Å². The first-order chi connectivity index (χ1) is 14.5. The number of aromatic nitrogens is 4. The number of nitrogens with one attached hydrogen (secondary N) is 2. The number of tetrazole rings is 1. The summed E-state index contributed by atoms with van der Waals surface area (Å²) < 4.78 is 7.11. The smallest absolute Gasteiger partial charge is 0.325 e. The van der Waals surface area contributed by atoms with Crippen molar-refractivity contribution in [2.45, 2.75) is 25.9 Å². The van der Waals surface area contributed by atoms with Gasteiger partial charge in [-0.1, -0.05) is 36.0 Å². The number of carbonyl (C=O) groups is 2. The second kappa shape index (κ2) is 9.88. The molecule has 2 aromatic carbocycles. The third kappa shape index (κ3) is 5.15. The summed E-state index contributed by atoms with van der Waals surface area (Å²) in [5.74, 6) is 0.138. The lowest BCUT2D eigenvalue weighted by molar-refractivity contribution is -0.117. The number of aryl methyl sites for hydroxylation is 1. The summed E-state index contributed by atoms with van der Waals surface area (Å²) in [6.45, 7) is 6.25. The Balaban J connectivity index is 1.60. The van der Waals surface area contributed by atoms with Crippen LogP contribution in [0.5, 0.6) is 5.75 Å². The highest BCUT2D eigenvalue weighted by atomic mass is 32.2. The lowest BCUT2D eigenvalue weighted by Crippen LogP contribution is -2.35. The fraction of sp³-hybridized carbons (Fsp3) is 0.250. The van der Waals surface area contributed by atoms with Gasteiger partial charge in [0, 0.05) is 5.69 Å². The molecule has 1 heterocycles. The van der Waals surface area contributed by atoms with E-state index < -0.39 is 11.9 Å². The standard InChI is InChI=1S/C20H22N6O3S/c1-4-29-17-11-6-5-10-16(17)26-20(23-24-25-26)30-12-18(27)22-19(28)21-15-9-7-8-13(2)14(15)3/h5-11H,4,12H2,1-3H3,(H2,21,22,27,28). The van der Waals surface area contributed by atoms with Crippen LogP contribution in [0.25, 0.3) is 5.69 Å². The van der Waals surface area contributed by atoms with Crippen LogP contribution < -0.4 is 15.4 Å². The molecule has 3 rings (SSSR count). The molecule has 3 aromatic rings. The molecule has 0 saturated carbocycles. The molecule has 10 heteroatoms. The number of amides is 3. The number of imide groups is 1. The molecule has 2 N–H and O–H groups in total. The lowest BCUT2D eigenvalue weighted by Gasteiger charge is -2.11. The van der Waals surface area contributed by atoms with Gasteiger partial charge in [-0.2, -0.15) is 4.68 Å². The maximum atomic E-state index is 12.2. The Hall–Kier alpha value is -3.40. The van der Waals surface area contributed by atoms with Gasteiger partial charge in [0.15, 0.2) is 0 Å². The number of urea groups is 1. The molecule has 0 aliphatic heterocycles. The third-order valence-electron chi connectivity index (χ3n) is 4.27. The predicted octanol–water partition coefficient (Wildman–Crippen LogP) is 3.12. The van der Waals surface area contributed by atoms with Crippen LogP contribution in [0.15, 0.2) is 47.6 Å². The predicted molar refractivity (Wildman–Crippen MR) is 114 cm³/mol. The largest absolute Gasteiger partial charge is 0.492 e. The van der Waals surface area contributed by atoms with E-state index in [1.54, 1.807) is 6.07 Å². The van der Waals surface area contributed by atoms with E-state index in [1.165, 1.54) is 4.68 Å². The van der Waals surface area contributed by atoms with Gasteiger partial charge >= 0.3 is 6.03 Å². The number of anilines is 1. The number of ether oxygens (including phenoxy) is 1. The fourth-order valence-electron chi connectivity index (χ4n) is 2.66. The molecule has 0 unspecified atom stereocenters. The van der Waals surface area contributed by atoms with Crippen LogP contribution >= 0.6 is 11.8 Å². The second-order valence-electron chi connectivity index (χ2n) is 6.31. The summed E-state index contributed by atoms with van der Waals surface area (Å²) in [4.78, 5) is 24.4. The molecule has 0 saturated heterocycles. The Kier molecular flexibility index (Phi) is 7.02. The van der Waals surface area contributed by atoms with Gasteiger partial charge < -0.3 is 10.1 Å². The molecule has 3 amide bonds. The average Bonchev–Trinajstić information content (AvgIpc) is 3.19. The van der Waals surface area contributed by atoms with E-state index in [9.17, 15) is 9.59 Å². The molecule has 0 atom stereocenters. The first-order valence-electron chi connectivity index (χ1n) is 9.30. The molecule has 156 valence electrons. The van der Waals surface area contributed by atoms with Crippen LogP contribution in [0.3, 0.4) is 0 Å². The molecule has 0 spiro atoms. The summed E-state index contributed by atoms with van der Waals surface area (Å²) in [5, 5.41) is 17.1. The number of nitrogens with zero attached hydrogens (tertiary/aromatic N) is 4. The van der Waals surface area contributed by atoms with Crippen LogP contribution in [0.4, 0.5) is 10.5 Å². The number of carbonyl (C=O) groups excluding carboxylic acids is 2. The number of hydrogen-bond acceptors (Lipinski definition) is 7. The van der Waals surface area contributed by atoms with Gasteiger partial charge in [-0.3, -0.25) is 10.1 Å². The number of rotatable bonds is 7. The summed E-state index contributed by atoms with van der Waals surface area (Å²) in [7, 11) is 0. The van der Waals surface area contributed by atoms with Gasteiger partial charge in [-0.25, -0.2) is 4.79 Å². The molecule has 30 heavy (non-hydrogen) atoms. The third-order valence-corrected chi connectivity index (χ3v) is 5.19. The summed E-state index contributed by atoms with van der Waals surface area (Å²) in [5.41, 5.74) is 3.32. The van der Waals surface area contributed by atoms with Crippen LogP contribution in [0.1, 0.15) is 18.1 Å². The minimum atomic E-state index is -0.587. The first-order valence-corrected chi connectivity index (χ1v) is 10.3. The Labute approximate surface area is 178 Å². The Morgan fingerprint density at radius 1 is 1.13 bits per heavy atom. The molecule has 0 aliphatic carbocycles. The van der Waals surface area contributed by atoms with E-state index in [4.69, 9.17) is 4.74 Å². The average molecular weight is 427 g/mol. The molecule has 0 fully saturated rings. The zero-order valence-corrected chi connectivity index (χ0v) is 17.7. The number of hydrogen-bond donors (Lipinski definition) is 2. The lowest BCUT2D eigenvalue weighted by atomic mass is 10.1. The van der Waals surface area contributed by atoms with Crippen LogP contribution in [-0.4, -0.2) is 44.5 Å². The monoisotopic (exact) mass is 426 g/mol. The van der Waals surface area contributed by atoms with E-state index in [2.05, 4.69) is 26.2 Å². The van der Waals surface area contributed by atoms with Crippen LogP contribution in [0, 0.1) is 13.8 Å². The van der Waals surface area contributed by atoms with Crippen molar-refractivity contribution < 1.29 is 14.3 Å². The summed E-state index contributed by atoms with van der Waals surface area (Å²) in [6, 6.07) is 12.3. The van der Waals surface area contributed by atoms with Crippen molar-refractivity contribution in [2.24, 2.45) is 0 Å². The van der Waals surface area contributed by atoms with E-state index in [0.717, 1.165) is 22.9 Å².